The van der Waals surface area contributed by atoms with Crippen molar-refractivity contribution in [1.29, 1.82) is 0 Å². The molecule has 0 aliphatic heterocycles. The molecule has 0 fully saturated rings. The molecule has 2 rings (SSSR count). The minimum atomic E-state index is -1.05. The average Bonchev–Trinajstić information content (AvgIpc) is 2.49. The van der Waals surface area contributed by atoms with E-state index in [9.17, 15) is 5.11 Å². The van der Waals surface area contributed by atoms with Crippen LogP contribution in [0.1, 0.15) is 25.0 Å². The Balaban J connectivity index is 2.60. The van der Waals surface area contributed by atoms with Gasteiger partial charge in [-0.25, -0.2) is 0 Å². The highest BCUT2D eigenvalue weighted by Crippen LogP contribution is 2.39. The Morgan fingerprint density at radius 1 is 0.900 bits per heavy atom. The molecule has 0 saturated carbocycles. The summed E-state index contributed by atoms with van der Waals surface area (Å²) in [7, 11) is 0. The van der Waals surface area contributed by atoms with Crippen molar-refractivity contribution in [3.63, 3.8) is 0 Å². The third kappa shape index (κ3) is 2.62. The number of nitrogens with two attached hydrogens (primary N) is 1. The van der Waals surface area contributed by atoms with Gasteiger partial charge < -0.3 is 10.8 Å². The van der Waals surface area contributed by atoms with Crippen LogP contribution >= 0.6 is 0 Å². The van der Waals surface area contributed by atoms with E-state index in [0.717, 1.165) is 11.1 Å². The summed E-state index contributed by atoms with van der Waals surface area (Å²) in [6.07, 6.45) is 0. The maximum Gasteiger partial charge on any atom is 0.119 e. The molecule has 0 bridgehead atoms. The van der Waals surface area contributed by atoms with Crippen molar-refractivity contribution in [2.45, 2.75) is 19.4 Å². The summed E-state index contributed by atoms with van der Waals surface area (Å²) < 4.78 is 0. The normalized spacial score (nSPS) is 13.4. The minimum Gasteiger partial charge on any atom is -0.380 e. The Kier molecular flexibility index (Phi) is 4.58. The number of aliphatic hydroxyl groups is 1. The van der Waals surface area contributed by atoms with Crippen LogP contribution in [-0.2, 0) is 5.60 Å². The predicted octanol–water partition coefficient (Wildman–Crippen LogP) is 3.15. The molecule has 0 spiro atoms. The summed E-state index contributed by atoms with van der Waals surface area (Å²) in [5.74, 6) is 0.248. The van der Waals surface area contributed by atoms with Crippen LogP contribution < -0.4 is 5.73 Å². The predicted molar refractivity (Wildman–Crippen MR) is 83.3 cm³/mol. The summed E-state index contributed by atoms with van der Waals surface area (Å²) in [6, 6.07) is 19.6. The van der Waals surface area contributed by atoms with Gasteiger partial charge in [-0.2, -0.15) is 0 Å². The molecule has 0 aliphatic rings. The maximum absolute atomic E-state index is 11.5. The fourth-order valence-corrected chi connectivity index (χ4v) is 2.90. The van der Waals surface area contributed by atoms with E-state index in [2.05, 4.69) is 13.8 Å². The second-order valence-electron chi connectivity index (χ2n) is 5.58. The zero-order chi connectivity index (χ0) is 14.6. The van der Waals surface area contributed by atoms with E-state index in [4.69, 9.17) is 5.73 Å². The smallest absolute Gasteiger partial charge is 0.119 e. The second kappa shape index (κ2) is 6.21. The number of rotatable bonds is 5. The highest BCUT2D eigenvalue weighted by Gasteiger charge is 2.40. The first kappa shape index (κ1) is 14.8. The summed E-state index contributed by atoms with van der Waals surface area (Å²) in [5.41, 5.74) is 6.72. The lowest BCUT2D eigenvalue weighted by Gasteiger charge is -2.39. The van der Waals surface area contributed by atoms with Gasteiger partial charge in [-0.3, -0.25) is 0 Å². The first-order chi connectivity index (χ1) is 9.60. The molecule has 0 heterocycles. The quantitative estimate of drug-likeness (QED) is 0.876. The van der Waals surface area contributed by atoms with Gasteiger partial charge in [0.25, 0.3) is 0 Å². The zero-order valence-corrected chi connectivity index (χ0v) is 12.2. The Hall–Kier alpha value is -1.64. The molecule has 1 atom stereocenters. The Morgan fingerprint density at radius 2 is 1.30 bits per heavy atom. The van der Waals surface area contributed by atoms with E-state index in [1.807, 2.05) is 60.7 Å². The first-order valence-corrected chi connectivity index (χ1v) is 7.14. The van der Waals surface area contributed by atoms with Crippen LogP contribution in [0.3, 0.4) is 0 Å². The highest BCUT2D eigenvalue weighted by molar-refractivity contribution is 5.37. The van der Waals surface area contributed by atoms with Gasteiger partial charge in [-0.15, -0.1) is 0 Å². The summed E-state index contributed by atoms with van der Waals surface area (Å²) in [4.78, 5) is 0. The lowest BCUT2D eigenvalue weighted by molar-refractivity contribution is -0.000757. The fourth-order valence-electron chi connectivity index (χ4n) is 2.90. The molecule has 106 valence electrons. The molecule has 20 heavy (non-hydrogen) atoms. The topological polar surface area (TPSA) is 46.2 Å². The molecular formula is C18H23NO. The first-order valence-electron chi connectivity index (χ1n) is 7.14. The molecule has 0 radical (unpaired) electrons. The molecule has 2 nitrogen and oxygen atoms in total. The van der Waals surface area contributed by atoms with Gasteiger partial charge in [-0.1, -0.05) is 74.5 Å². The molecule has 2 aromatic carbocycles. The zero-order valence-electron chi connectivity index (χ0n) is 12.2. The van der Waals surface area contributed by atoms with Crippen molar-refractivity contribution in [3.8, 4) is 0 Å². The van der Waals surface area contributed by atoms with E-state index in [1.165, 1.54) is 0 Å². The molecule has 2 heteroatoms. The van der Waals surface area contributed by atoms with E-state index in [-0.39, 0.29) is 11.8 Å². The largest absolute Gasteiger partial charge is 0.380 e. The molecule has 0 aliphatic carbocycles. The molecule has 0 saturated heterocycles. The third-order valence-electron chi connectivity index (χ3n) is 4.02. The van der Waals surface area contributed by atoms with Crippen LogP contribution in [-0.4, -0.2) is 11.7 Å². The van der Waals surface area contributed by atoms with Crippen molar-refractivity contribution < 1.29 is 5.11 Å². The average molecular weight is 269 g/mol. The van der Waals surface area contributed by atoms with Crippen LogP contribution in [0.25, 0.3) is 0 Å². The van der Waals surface area contributed by atoms with E-state index in [0.29, 0.717) is 6.54 Å². The van der Waals surface area contributed by atoms with E-state index < -0.39 is 5.60 Å². The van der Waals surface area contributed by atoms with Crippen LogP contribution in [0.5, 0.6) is 0 Å². The van der Waals surface area contributed by atoms with Crippen molar-refractivity contribution in [2.75, 3.05) is 6.54 Å². The van der Waals surface area contributed by atoms with Gasteiger partial charge >= 0.3 is 0 Å². The van der Waals surface area contributed by atoms with Crippen LogP contribution in [0.2, 0.25) is 0 Å². The Bertz CT molecular complexity index is 482. The standard InChI is InChI=1S/C18H23NO/c1-14(2)17(13-19)18(20,15-9-5-3-6-10-15)16-11-7-4-8-12-16/h3-12,14,17,20H,13,19H2,1-2H3. The lowest BCUT2D eigenvalue weighted by Crippen LogP contribution is -2.43. The molecule has 1 unspecified atom stereocenters. The molecule has 2 aromatic rings. The minimum absolute atomic E-state index is 0.0349. The summed E-state index contributed by atoms with van der Waals surface area (Å²) in [6.45, 7) is 4.65. The van der Waals surface area contributed by atoms with Crippen molar-refractivity contribution in [2.24, 2.45) is 17.6 Å². The molecule has 3 N–H and O–H groups in total. The monoisotopic (exact) mass is 269 g/mol. The van der Waals surface area contributed by atoms with Crippen LogP contribution in [0.4, 0.5) is 0 Å². The van der Waals surface area contributed by atoms with Crippen molar-refractivity contribution in [3.05, 3.63) is 71.8 Å². The Labute approximate surface area is 121 Å². The van der Waals surface area contributed by atoms with Gasteiger partial charge in [0.15, 0.2) is 0 Å². The maximum atomic E-state index is 11.5. The lowest BCUT2D eigenvalue weighted by atomic mass is 9.71. The fraction of sp³-hybridized carbons (Fsp3) is 0.333. The molecule has 0 amide bonds. The van der Waals surface area contributed by atoms with Gasteiger partial charge in [0.2, 0.25) is 0 Å². The summed E-state index contributed by atoms with van der Waals surface area (Å²) >= 11 is 0. The van der Waals surface area contributed by atoms with Gasteiger partial charge in [-0.05, 0) is 23.6 Å². The van der Waals surface area contributed by atoms with Crippen LogP contribution in [0, 0.1) is 11.8 Å². The number of hydrogen-bond donors (Lipinski definition) is 2. The number of hydrogen-bond acceptors (Lipinski definition) is 2. The SMILES string of the molecule is CC(C)C(CN)C(O)(c1ccccc1)c1ccccc1. The summed E-state index contributed by atoms with van der Waals surface area (Å²) in [5, 5.41) is 11.5. The highest BCUT2D eigenvalue weighted by atomic mass is 16.3. The van der Waals surface area contributed by atoms with Gasteiger partial charge in [0.1, 0.15) is 5.60 Å². The Morgan fingerprint density at radius 3 is 1.60 bits per heavy atom. The van der Waals surface area contributed by atoms with Gasteiger partial charge in [0, 0.05) is 5.92 Å². The van der Waals surface area contributed by atoms with Crippen LogP contribution in [0.15, 0.2) is 60.7 Å². The van der Waals surface area contributed by atoms with Gasteiger partial charge in [0.05, 0.1) is 0 Å². The molecular weight excluding hydrogens is 246 g/mol. The second-order valence-corrected chi connectivity index (χ2v) is 5.58. The van der Waals surface area contributed by atoms with E-state index >= 15 is 0 Å². The van der Waals surface area contributed by atoms with E-state index in [1.54, 1.807) is 0 Å². The van der Waals surface area contributed by atoms with Crippen molar-refractivity contribution in [1.82, 2.24) is 0 Å². The third-order valence-corrected chi connectivity index (χ3v) is 4.02. The van der Waals surface area contributed by atoms with Crippen molar-refractivity contribution >= 4 is 0 Å². The molecule has 0 aromatic heterocycles. The number of benzene rings is 2.